The number of aromatic nitrogens is 1. The maximum Gasteiger partial charge on any atom is 0.164 e. The number of carbonyl (C=O) groups is 1. The number of hydrogen-bond donors (Lipinski definition) is 0. The van der Waals surface area contributed by atoms with Gasteiger partial charge in [0.25, 0.3) is 0 Å². The van der Waals surface area contributed by atoms with E-state index in [2.05, 4.69) is 0 Å². The Morgan fingerprint density at radius 2 is 2.12 bits per heavy atom. The van der Waals surface area contributed by atoms with E-state index in [9.17, 15) is 13.2 Å². The minimum absolute atomic E-state index is 0.0367. The molecule has 0 N–H and O–H groups in total. The van der Waals surface area contributed by atoms with Crippen molar-refractivity contribution in [2.24, 2.45) is 0 Å². The molecule has 1 fully saturated rings. The zero-order chi connectivity index (χ0) is 12.0. The molecule has 0 amide bonds. The van der Waals surface area contributed by atoms with E-state index in [-0.39, 0.29) is 23.3 Å². The fraction of sp³-hybridized carbons (Fsp3) is 0.583. The normalized spacial score (nSPS) is 27.1. The number of sulfone groups is 1. The molecule has 1 aromatic heterocycles. The van der Waals surface area contributed by atoms with Gasteiger partial charge < -0.3 is 4.57 Å². The smallest absolute Gasteiger partial charge is 0.164 e. The molecular weight excluding hydrogens is 238 g/mol. The van der Waals surface area contributed by atoms with Crippen LogP contribution >= 0.6 is 0 Å². The van der Waals surface area contributed by atoms with Gasteiger partial charge in [-0.15, -0.1) is 0 Å². The Hall–Kier alpha value is -1.10. The molecule has 0 spiro atoms. The highest BCUT2D eigenvalue weighted by Gasteiger charge is 2.31. The van der Waals surface area contributed by atoms with Crippen LogP contribution in [0.1, 0.15) is 41.4 Å². The van der Waals surface area contributed by atoms with Gasteiger partial charge in [0.05, 0.1) is 11.5 Å². The van der Waals surface area contributed by atoms with Crippen molar-refractivity contribution in [3.8, 4) is 0 Å². The van der Waals surface area contributed by atoms with Crippen LogP contribution in [0, 0.1) is 0 Å². The average molecular weight is 253 g/mol. The molecule has 0 radical (unpaired) electrons. The summed E-state index contributed by atoms with van der Waals surface area (Å²) in [5, 5.41) is 0. The van der Waals surface area contributed by atoms with Crippen LogP contribution in [-0.4, -0.2) is 30.3 Å². The van der Waals surface area contributed by atoms with Crippen molar-refractivity contribution in [2.75, 3.05) is 11.5 Å². The monoisotopic (exact) mass is 253 g/mol. The first-order valence-electron chi connectivity index (χ1n) is 6.00. The molecule has 0 aromatic carbocycles. The van der Waals surface area contributed by atoms with Gasteiger partial charge in [-0.1, -0.05) is 0 Å². The summed E-state index contributed by atoms with van der Waals surface area (Å²) in [6, 6.07) is 1.89. The lowest BCUT2D eigenvalue weighted by Crippen LogP contribution is -2.17. The third-order valence-corrected chi connectivity index (χ3v) is 5.49. The second-order valence-electron chi connectivity index (χ2n) is 4.92. The van der Waals surface area contributed by atoms with Crippen molar-refractivity contribution < 1.29 is 13.2 Å². The zero-order valence-corrected chi connectivity index (χ0v) is 10.4. The van der Waals surface area contributed by atoms with E-state index < -0.39 is 9.84 Å². The van der Waals surface area contributed by atoms with E-state index in [1.165, 1.54) is 0 Å². The maximum atomic E-state index is 11.7. The Balaban J connectivity index is 1.98. The largest absolute Gasteiger partial charge is 0.347 e. The fourth-order valence-corrected chi connectivity index (χ4v) is 4.60. The zero-order valence-electron chi connectivity index (χ0n) is 9.55. The summed E-state index contributed by atoms with van der Waals surface area (Å²) in [6.07, 6.45) is 4.97. The van der Waals surface area contributed by atoms with Gasteiger partial charge in [-0.05, 0) is 25.3 Å². The number of rotatable bonds is 1. The van der Waals surface area contributed by atoms with E-state index in [0.717, 1.165) is 24.1 Å². The maximum absolute atomic E-state index is 11.7. The van der Waals surface area contributed by atoms with Gasteiger partial charge in [0.1, 0.15) is 0 Å². The van der Waals surface area contributed by atoms with Crippen LogP contribution in [0.5, 0.6) is 0 Å². The molecular formula is C12H15NO3S. The van der Waals surface area contributed by atoms with Gasteiger partial charge in [-0.3, -0.25) is 4.79 Å². The Kier molecular flexibility index (Phi) is 2.40. The lowest BCUT2D eigenvalue weighted by Gasteiger charge is -2.18. The van der Waals surface area contributed by atoms with E-state index in [1.54, 1.807) is 0 Å². The molecule has 1 unspecified atom stereocenters. The first kappa shape index (κ1) is 11.0. The van der Waals surface area contributed by atoms with Crippen molar-refractivity contribution in [3.63, 3.8) is 0 Å². The SMILES string of the molecule is O=C1CCCc2c1ccn2C1CCS(=O)(=O)C1. The highest BCUT2D eigenvalue weighted by atomic mass is 32.2. The predicted octanol–water partition coefficient (Wildman–Crippen LogP) is 1.37. The lowest BCUT2D eigenvalue weighted by molar-refractivity contribution is 0.0971. The highest BCUT2D eigenvalue weighted by molar-refractivity contribution is 7.91. The number of Topliss-reactive ketones (excluding diaryl/α,β-unsaturated/α-hetero) is 1. The van der Waals surface area contributed by atoms with Crippen molar-refractivity contribution in [1.82, 2.24) is 4.57 Å². The summed E-state index contributed by atoms with van der Waals surface area (Å²) in [7, 11) is -2.87. The summed E-state index contributed by atoms with van der Waals surface area (Å²) in [6.45, 7) is 0. The second-order valence-corrected chi connectivity index (χ2v) is 7.15. The van der Waals surface area contributed by atoms with Crippen LogP contribution in [0.4, 0.5) is 0 Å². The highest BCUT2D eigenvalue weighted by Crippen LogP contribution is 2.30. The second kappa shape index (κ2) is 3.70. The molecule has 3 rings (SSSR count). The fourth-order valence-electron chi connectivity index (χ4n) is 2.89. The summed E-state index contributed by atoms with van der Waals surface area (Å²) < 4.78 is 25.0. The lowest BCUT2D eigenvalue weighted by atomic mass is 9.96. The number of carbonyl (C=O) groups excluding carboxylic acids is 1. The summed E-state index contributed by atoms with van der Waals surface area (Å²) in [5.74, 6) is 0.701. The molecule has 17 heavy (non-hydrogen) atoms. The summed E-state index contributed by atoms with van der Waals surface area (Å²) in [4.78, 5) is 11.7. The Bertz CT molecular complexity index is 571. The van der Waals surface area contributed by atoms with E-state index in [4.69, 9.17) is 0 Å². The molecule has 1 atom stereocenters. The van der Waals surface area contributed by atoms with E-state index >= 15 is 0 Å². The van der Waals surface area contributed by atoms with Crippen molar-refractivity contribution in [1.29, 1.82) is 0 Å². The van der Waals surface area contributed by atoms with Gasteiger partial charge in [-0.25, -0.2) is 8.42 Å². The van der Waals surface area contributed by atoms with Crippen molar-refractivity contribution in [2.45, 2.75) is 31.7 Å². The number of fused-ring (bicyclic) bond motifs is 1. The number of ketones is 1. The van der Waals surface area contributed by atoms with E-state index in [1.807, 2.05) is 16.8 Å². The minimum atomic E-state index is -2.87. The molecule has 0 saturated carbocycles. The summed E-state index contributed by atoms with van der Waals surface area (Å²) >= 11 is 0. The van der Waals surface area contributed by atoms with Gasteiger partial charge in [-0.2, -0.15) is 0 Å². The van der Waals surface area contributed by atoms with Crippen LogP contribution in [-0.2, 0) is 16.3 Å². The van der Waals surface area contributed by atoms with Crippen LogP contribution < -0.4 is 0 Å². The van der Waals surface area contributed by atoms with Gasteiger partial charge in [0.15, 0.2) is 15.6 Å². The molecule has 2 heterocycles. The summed E-state index contributed by atoms with van der Waals surface area (Å²) in [5.41, 5.74) is 1.85. The molecule has 2 aliphatic rings. The topological polar surface area (TPSA) is 56.1 Å². The third-order valence-electron chi connectivity index (χ3n) is 3.74. The minimum Gasteiger partial charge on any atom is -0.347 e. The first-order valence-corrected chi connectivity index (χ1v) is 7.82. The molecule has 4 nitrogen and oxygen atoms in total. The molecule has 1 aromatic rings. The standard InChI is InChI=1S/C12H15NO3S/c14-12-3-1-2-11-10(12)4-6-13(11)9-5-7-17(15,16)8-9/h4,6,9H,1-3,5,7-8H2. The van der Waals surface area contributed by atoms with Crippen molar-refractivity contribution in [3.05, 3.63) is 23.5 Å². The van der Waals surface area contributed by atoms with Crippen molar-refractivity contribution >= 4 is 15.6 Å². The van der Waals surface area contributed by atoms with E-state index in [0.29, 0.717) is 12.8 Å². The Labute approximate surface area is 101 Å². The Morgan fingerprint density at radius 3 is 2.82 bits per heavy atom. The number of nitrogens with zero attached hydrogens (tertiary/aromatic N) is 1. The van der Waals surface area contributed by atoms with Gasteiger partial charge >= 0.3 is 0 Å². The third kappa shape index (κ3) is 1.82. The average Bonchev–Trinajstić information content (AvgIpc) is 2.82. The first-order chi connectivity index (χ1) is 8.07. The van der Waals surface area contributed by atoms with Crippen LogP contribution in [0.2, 0.25) is 0 Å². The molecule has 1 aliphatic carbocycles. The van der Waals surface area contributed by atoms with Crippen LogP contribution in [0.3, 0.4) is 0 Å². The van der Waals surface area contributed by atoms with Crippen LogP contribution in [0.25, 0.3) is 0 Å². The van der Waals surface area contributed by atoms with Gasteiger partial charge in [0.2, 0.25) is 0 Å². The molecule has 1 saturated heterocycles. The quantitative estimate of drug-likeness (QED) is 0.759. The molecule has 0 bridgehead atoms. The molecule has 5 heteroatoms. The molecule has 1 aliphatic heterocycles. The number of hydrogen-bond acceptors (Lipinski definition) is 3. The van der Waals surface area contributed by atoms with Crippen LogP contribution in [0.15, 0.2) is 12.3 Å². The predicted molar refractivity (Wildman–Crippen MR) is 64.0 cm³/mol. The van der Waals surface area contributed by atoms with Gasteiger partial charge in [0, 0.05) is 29.9 Å². The Morgan fingerprint density at radius 1 is 1.29 bits per heavy atom. The molecule has 92 valence electrons.